The van der Waals surface area contributed by atoms with Crippen LogP contribution in [-0.2, 0) is 16.0 Å². The van der Waals surface area contributed by atoms with Crippen molar-refractivity contribution in [2.45, 2.75) is 19.4 Å². The second-order valence-corrected chi connectivity index (χ2v) is 4.21. The molecule has 0 saturated heterocycles. The van der Waals surface area contributed by atoms with Crippen LogP contribution >= 0.6 is 11.3 Å². The van der Waals surface area contributed by atoms with Gasteiger partial charge in [0.25, 0.3) is 0 Å². The third-order valence-electron chi connectivity index (χ3n) is 1.74. The van der Waals surface area contributed by atoms with Gasteiger partial charge in [0.2, 0.25) is 5.91 Å². The van der Waals surface area contributed by atoms with E-state index in [9.17, 15) is 4.79 Å². The van der Waals surface area contributed by atoms with E-state index < -0.39 is 0 Å². The quantitative estimate of drug-likeness (QED) is 0.803. The second-order valence-electron chi connectivity index (χ2n) is 3.18. The molecule has 4 heteroatoms. The summed E-state index contributed by atoms with van der Waals surface area (Å²) in [7, 11) is 1.63. The van der Waals surface area contributed by atoms with Crippen LogP contribution < -0.4 is 5.32 Å². The molecule has 0 aliphatic heterocycles. The average Bonchev–Trinajstić information content (AvgIpc) is 2.56. The highest BCUT2D eigenvalue weighted by atomic mass is 32.1. The fourth-order valence-corrected chi connectivity index (χ4v) is 1.89. The molecule has 1 atom stereocenters. The van der Waals surface area contributed by atoms with Crippen LogP contribution in [0.4, 0.5) is 0 Å². The molecule has 1 aromatic rings. The van der Waals surface area contributed by atoms with Crippen molar-refractivity contribution in [2.24, 2.45) is 0 Å². The fourth-order valence-electron chi connectivity index (χ4n) is 1.19. The molecule has 1 N–H and O–H groups in total. The molecule has 0 spiro atoms. The summed E-state index contributed by atoms with van der Waals surface area (Å²) < 4.78 is 4.93. The van der Waals surface area contributed by atoms with Gasteiger partial charge in [0.1, 0.15) is 0 Å². The minimum Gasteiger partial charge on any atom is -0.383 e. The Hall–Kier alpha value is -0.870. The molecule has 0 aliphatic rings. The van der Waals surface area contributed by atoms with E-state index >= 15 is 0 Å². The van der Waals surface area contributed by atoms with Crippen LogP contribution in [0.25, 0.3) is 0 Å². The van der Waals surface area contributed by atoms with Crippen molar-refractivity contribution in [3.63, 3.8) is 0 Å². The normalized spacial score (nSPS) is 12.4. The molecular formula is C10H15NO2S. The lowest BCUT2D eigenvalue weighted by Gasteiger charge is -2.11. The first-order valence-corrected chi connectivity index (χ1v) is 5.41. The fraction of sp³-hybridized carbons (Fsp3) is 0.500. The maximum atomic E-state index is 11.4. The van der Waals surface area contributed by atoms with E-state index in [1.165, 1.54) is 0 Å². The summed E-state index contributed by atoms with van der Waals surface area (Å²) in [5.74, 6) is 0.0528. The molecule has 0 radical (unpaired) electrons. The molecule has 1 aromatic heterocycles. The van der Waals surface area contributed by atoms with E-state index in [2.05, 4.69) is 5.32 Å². The number of hydrogen-bond acceptors (Lipinski definition) is 3. The molecule has 1 rings (SSSR count). The van der Waals surface area contributed by atoms with Crippen LogP contribution in [0.15, 0.2) is 17.5 Å². The van der Waals surface area contributed by atoms with E-state index in [1.807, 2.05) is 24.4 Å². The molecule has 1 amide bonds. The van der Waals surface area contributed by atoms with E-state index in [0.29, 0.717) is 13.0 Å². The number of nitrogens with one attached hydrogen (secondary N) is 1. The highest BCUT2D eigenvalue weighted by Gasteiger charge is 2.07. The molecule has 78 valence electrons. The number of amides is 1. The molecule has 1 unspecified atom stereocenters. The minimum atomic E-state index is 0.0528. The van der Waals surface area contributed by atoms with Gasteiger partial charge in [0.15, 0.2) is 0 Å². The Morgan fingerprint density at radius 2 is 2.50 bits per heavy atom. The summed E-state index contributed by atoms with van der Waals surface area (Å²) in [5, 5.41) is 4.84. The van der Waals surface area contributed by atoms with Gasteiger partial charge >= 0.3 is 0 Å². The van der Waals surface area contributed by atoms with Crippen LogP contribution in [0.5, 0.6) is 0 Å². The summed E-state index contributed by atoms with van der Waals surface area (Å²) in [6.07, 6.45) is 0.464. The van der Waals surface area contributed by atoms with Crippen molar-refractivity contribution < 1.29 is 9.53 Å². The lowest BCUT2D eigenvalue weighted by atomic mass is 10.3. The predicted molar refractivity (Wildman–Crippen MR) is 57.5 cm³/mol. The van der Waals surface area contributed by atoms with Gasteiger partial charge < -0.3 is 10.1 Å². The van der Waals surface area contributed by atoms with E-state index in [1.54, 1.807) is 18.4 Å². The standard InChI is InChI=1S/C10H15NO2S/c1-8(7-13-2)11-10(12)6-9-4-3-5-14-9/h3-5,8H,6-7H2,1-2H3,(H,11,12). The molecule has 1 heterocycles. The van der Waals surface area contributed by atoms with Crippen LogP contribution in [-0.4, -0.2) is 25.7 Å². The summed E-state index contributed by atoms with van der Waals surface area (Å²) in [5.41, 5.74) is 0. The van der Waals surface area contributed by atoms with Crippen LogP contribution in [0, 0.1) is 0 Å². The number of carbonyl (C=O) groups is 1. The Balaban J connectivity index is 2.29. The maximum Gasteiger partial charge on any atom is 0.225 e. The Morgan fingerprint density at radius 1 is 1.71 bits per heavy atom. The summed E-state index contributed by atoms with van der Waals surface area (Å²) >= 11 is 1.60. The zero-order chi connectivity index (χ0) is 10.4. The zero-order valence-corrected chi connectivity index (χ0v) is 9.26. The first-order valence-electron chi connectivity index (χ1n) is 4.53. The number of thiophene rings is 1. The van der Waals surface area contributed by atoms with Crippen molar-refractivity contribution in [3.05, 3.63) is 22.4 Å². The molecule has 3 nitrogen and oxygen atoms in total. The lowest BCUT2D eigenvalue weighted by molar-refractivity contribution is -0.121. The SMILES string of the molecule is COCC(C)NC(=O)Cc1cccs1. The topological polar surface area (TPSA) is 38.3 Å². The molecule has 0 fully saturated rings. The average molecular weight is 213 g/mol. The van der Waals surface area contributed by atoms with Crippen molar-refractivity contribution in [1.29, 1.82) is 0 Å². The van der Waals surface area contributed by atoms with Crippen LogP contribution in [0.1, 0.15) is 11.8 Å². The van der Waals surface area contributed by atoms with E-state index in [-0.39, 0.29) is 11.9 Å². The Kier molecular flexibility index (Phi) is 4.62. The number of methoxy groups -OCH3 is 1. The first kappa shape index (κ1) is 11.2. The first-order chi connectivity index (χ1) is 6.72. The largest absolute Gasteiger partial charge is 0.383 e. The monoisotopic (exact) mass is 213 g/mol. The van der Waals surface area contributed by atoms with Gasteiger partial charge in [0.05, 0.1) is 13.0 Å². The predicted octanol–water partition coefficient (Wildman–Crippen LogP) is 1.44. The third kappa shape index (κ3) is 3.89. The highest BCUT2D eigenvalue weighted by molar-refractivity contribution is 7.10. The van der Waals surface area contributed by atoms with Gasteiger partial charge in [-0.15, -0.1) is 11.3 Å². The van der Waals surface area contributed by atoms with Gasteiger partial charge in [-0.25, -0.2) is 0 Å². The maximum absolute atomic E-state index is 11.4. The van der Waals surface area contributed by atoms with Crippen LogP contribution in [0.2, 0.25) is 0 Å². The van der Waals surface area contributed by atoms with Gasteiger partial charge in [-0.05, 0) is 18.4 Å². The molecule has 0 aromatic carbocycles. The summed E-state index contributed by atoms with van der Waals surface area (Å²) in [6.45, 7) is 2.48. The Bertz CT molecular complexity index is 272. The van der Waals surface area contributed by atoms with Crippen molar-refractivity contribution in [1.82, 2.24) is 5.32 Å². The summed E-state index contributed by atoms with van der Waals surface area (Å²) in [6, 6.07) is 3.99. The molecule has 0 bridgehead atoms. The second kappa shape index (κ2) is 5.78. The Labute approximate surface area is 88.1 Å². The van der Waals surface area contributed by atoms with Crippen LogP contribution in [0.3, 0.4) is 0 Å². The lowest BCUT2D eigenvalue weighted by Crippen LogP contribution is -2.36. The highest BCUT2D eigenvalue weighted by Crippen LogP contribution is 2.08. The Morgan fingerprint density at radius 3 is 3.07 bits per heavy atom. The minimum absolute atomic E-state index is 0.0528. The van der Waals surface area contributed by atoms with Crippen molar-refractivity contribution in [3.8, 4) is 0 Å². The number of ether oxygens (including phenoxy) is 1. The smallest absolute Gasteiger partial charge is 0.225 e. The number of rotatable bonds is 5. The summed E-state index contributed by atoms with van der Waals surface area (Å²) in [4.78, 5) is 12.5. The van der Waals surface area contributed by atoms with Gasteiger partial charge in [0, 0.05) is 18.0 Å². The molecule has 14 heavy (non-hydrogen) atoms. The van der Waals surface area contributed by atoms with Gasteiger partial charge in [-0.3, -0.25) is 4.79 Å². The number of hydrogen-bond donors (Lipinski definition) is 1. The molecule has 0 saturated carbocycles. The van der Waals surface area contributed by atoms with E-state index in [0.717, 1.165) is 4.88 Å². The van der Waals surface area contributed by atoms with Crippen molar-refractivity contribution in [2.75, 3.05) is 13.7 Å². The number of carbonyl (C=O) groups excluding carboxylic acids is 1. The third-order valence-corrected chi connectivity index (χ3v) is 2.62. The van der Waals surface area contributed by atoms with E-state index in [4.69, 9.17) is 4.74 Å². The molecule has 0 aliphatic carbocycles. The zero-order valence-electron chi connectivity index (χ0n) is 8.45. The van der Waals surface area contributed by atoms with Crippen molar-refractivity contribution >= 4 is 17.2 Å². The van der Waals surface area contributed by atoms with Gasteiger partial charge in [-0.2, -0.15) is 0 Å². The molecular weight excluding hydrogens is 198 g/mol. The van der Waals surface area contributed by atoms with Gasteiger partial charge in [-0.1, -0.05) is 6.07 Å².